The average molecular weight is 854 g/mol. The minimum Gasteiger partial charge on any atom is -0.884 e. The van der Waals surface area contributed by atoms with E-state index in [1.54, 1.807) is 48.5 Å². The Bertz CT molecular complexity index is 2890. The number of carbonyl (C=O) groups is 3. The fourth-order valence-corrected chi connectivity index (χ4v) is 8.35. The third-order valence-corrected chi connectivity index (χ3v) is 11.2. The Balaban J connectivity index is 0.00000514. The largest absolute Gasteiger partial charge is 0.884 e. The summed E-state index contributed by atoms with van der Waals surface area (Å²) in [5.74, 6) is -5.23. The molecule has 2 atom stereocenters. The molecular weight excluding hydrogens is 824 g/mol. The van der Waals surface area contributed by atoms with E-state index in [-0.39, 0.29) is 39.0 Å². The molecule has 2 unspecified atom stereocenters. The second-order valence-corrected chi connectivity index (χ2v) is 14.7. The van der Waals surface area contributed by atoms with E-state index in [9.17, 15) is 39.9 Å². The van der Waals surface area contributed by atoms with Crippen molar-refractivity contribution in [1.29, 1.82) is 0 Å². The molecule has 0 N–H and O–H groups in total. The zero-order valence-electron chi connectivity index (χ0n) is 31.9. The summed E-state index contributed by atoms with van der Waals surface area (Å²) < 4.78 is 0. The summed E-state index contributed by atoms with van der Waals surface area (Å²) in [4.78, 5) is 45.6. The van der Waals surface area contributed by atoms with E-state index in [1.807, 2.05) is 24.3 Å². The van der Waals surface area contributed by atoms with Crippen LogP contribution in [0.25, 0.3) is 38.9 Å². The zero-order chi connectivity index (χ0) is 41.7. The van der Waals surface area contributed by atoms with Crippen LogP contribution in [-0.2, 0) is 17.1 Å². The maximum atomic E-state index is 11.7. The average Bonchev–Trinajstić information content (AvgIpc) is 4.10. The number of fused-ring (bicyclic) bond motifs is 7. The molecule has 5 aromatic rings. The van der Waals surface area contributed by atoms with Crippen molar-refractivity contribution < 1.29 is 57.0 Å². The molecule has 0 aliphatic carbocycles. The summed E-state index contributed by atoms with van der Waals surface area (Å²) in [5.41, 5.74) is 8.80. The van der Waals surface area contributed by atoms with Gasteiger partial charge in [-0.05, 0) is 80.0 Å². The third kappa shape index (κ3) is 7.68. The van der Waals surface area contributed by atoms with Gasteiger partial charge in [-0.25, -0.2) is 4.99 Å². The van der Waals surface area contributed by atoms with Gasteiger partial charge in [0.25, 0.3) is 0 Å². The first-order valence-electron chi connectivity index (χ1n) is 19.2. The number of carboxylic acid groups (broad SMARTS) is 3. The van der Waals surface area contributed by atoms with Gasteiger partial charge in [-0.3, -0.25) is 0 Å². The Kier molecular flexibility index (Phi) is 10.9. The Labute approximate surface area is 359 Å². The van der Waals surface area contributed by atoms with Crippen LogP contribution in [0.4, 0.5) is 0 Å². The number of hydrogen-bond donors (Lipinski definition) is 0. The minimum atomic E-state index is -1.31. The van der Waals surface area contributed by atoms with Crippen molar-refractivity contribution in [2.45, 2.75) is 37.8 Å². The predicted octanol–water partition coefficient (Wildman–Crippen LogP) is 1.40. The Hall–Kier alpha value is -7.34. The van der Waals surface area contributed by atoms with Gasteiger partial charge in [0.1, 0.15) is 0 Å². The first kappa shape index (κ1) is 40.4. The van der Waals surface area contributed by atoms with E-state index >= 15 is 0 Å². The van der Waals surface area contributed by atoms with Gasteiger partial charge in [-0.15, -0.1) is 11.4 Å². The second kappa shape index (κ2) is 16.4. The zero-order valence-corrected chi connectivity index (χ0v) is 32.8. The number of hydrogen-bond acceptors (Lipinski definition) is 9. The van der Waals surface area contributed by atoms with Crippen molar-refractivity contribution in [2.24, 2.45) is 4.99 Å². The molecular formula is C48H30CuN4O8-8. The molecule has 1 radical (unpaired) electrons. The molecule has 8 bridgehead atoms. The van der Waals surface area contributed by atoms with Gasteiger partial charge >= 0.3 is 0 Å². The number of benzene rings is 4. The van der Waals surface area contributed by atoms with Gasteiger partial charge in [0, 0.05) is 17.1 Å². The maximum absolute atomic E-state index is 11.7. The van der Waals surface area contributed by atoms with Crippen LogP contribution in [0, 0.1) is 0 Å². The summed E-state index contributed by atoms with van der Waals surface area (Å²) in [6, 6.07) is 28.3. The van der Waals surface area contributed by atoms with Crippen LogP contribution in [0.2, 0.25) is 0 Å². The van der Waals surface area contributed by atoms with E-state index in [1.165, 1.54) is 48.5 Å². The number of allylic oxidation sites excluding steroid dienone is 4. The fraction of sp³-hybridized carbons (Fsp3) is 0.125. The van der Waals surface area contributed by atoms with Crippen molar-refractivity contribution in [2.75, 3.05) is 0 Å². The Morgan fingerprint density at radius 3 is 1.41 bits per heavy atom. The van der Waals surface area contributed by atoms with E-state index in [4.69, 9.17) is 20.6 Å². The van der Waals surface area contributed by atoms with E-state index in [0.717, 1.165) is 11.1 Å². The quantitative estimate of drug-likeness (QED) is 0.225. The van der Waals surface area contributed by atoms with Crippen LogP contribution in [0.3, 0.4) is 0 Å². The van der Waals surface area contributed by atoms with Gasteiger partial charge in [0.15, 0.2) is 0 Å². The molecule has 0 amide bonds. The monoisotopic (exact) mass is 853 g/mol. The normalized spacial score (nSPS) is 21.6. The van der Waals surface area contributed by atoms with E-state index < -0.39 is 35.9 Å². The van der Waals surface area contributed by atoms with Crippen LogP contribution >= 0.6 is 0 Å². The molecule has 4 aromatic carbocycles. The maximum Gasteiger partial charge on any atom is 0.0715 e. The first-order chi connectivity index (χ1) is 29.0. The summed E-state index contributed by atoms with van der Waals surface area (Å²) in [5, 5.41) is 70.0. The van der Waals surface area contributed by atoms with Gasteiger partial charge < -0.3 is 55.5 Å². The van der Waals surface area contributed by atoms with Crippen molar-refractivity contribution in [3.63, 3.8) is 0 Å². The van der Waals surface area contributed by atoms with E-state index in [0.29, 0.717) is 92.9 Å². The number of aromatic carboxylic acids is 3. The van der Waals surface area contributed by atoms with Gasteiger partial charge in [-0.2, -0.15) is 17.3 Å². The molecule has 4 aliphatic rings. The molecule has 2 fully saturated rings. The smallest absolute Gasteiger partial charge is 0.0715 e. The predicted molar refractivity (Wildman–Crippen MR) is 213 cm³/mol. The Morgan fingerprint density at radius 2 is 0.967 bits per heavy atom. The number of carboxylic acids is 3. The van der Waals surface area contributed by atoms with Crippen molar-refractivity contribution in [3.05, 3.63) is 204 Å². The molecule has 4 aliphatic heterocycles. The molecule has 0 saturated carbocycles. The van der Waals surface area contributed by atoms with Crippen molar-refractivity contribution in [3.8, 4) is 0 Å². The van der Waals surface area contributed by atoms with Crippen LogP contribution in [0.15, 0.2) is 143 Å². The number of aromatic nitrogens is 1. The van der Waals surface area contributed by atoms with Crippen LogP contribution in [0.1, 0.15) is 84.8 Å². The van der Waals surface area contributed by atoms with Crippen LogP contribution in [-0.4, -0.2) is 35.7 Å². The number of aliphatic imine (C=N–C) groups is 1. The Morgan fingerprint density at radius 1 is 0.525 bits per heavy atom. The minimum absolute atomic E-state index is 0. The fourth-order valence-electron chi connectivity index (χ4n) is 8.35. The summed E-state index contributed by atoms with van der Waals surface area (Å²) in [7, 11) is 0. The molecule has 13 heteroatoms. The topological polar surface area (TPSA) is 221 Å². The van der Waals surface area contributed by atoms with Crippen LogP contribution < -0.4 is 41.0 Å². The van der Waals surface area contributed by atoms with E-state index in [2.05, 4.69) is 0 Å². The number of carbonyl (C=O) groups excluding carboxylic acids is 3. The van der Waals surface area contributed by atoms with Crippen molar-refractivity contribution in [1.82, 2.24) is 4.98 Å². The standard InChI is InChI=1S/C48H35N4O8.Cu/c53-45(54)29-9-1-25(2-10-29)41-33-17-19-35(49-33)42(26-3-11-30(12-4-26)46(55)56)37-21-23-39(51-37)44(28-7-15-32(16-8-28)48(59)60)40-24-22-38(52-40)43(36-20-18-34(41)50-36)27-5-13-31(14-6-27)47(57)58;/h1-17,19,22,24,34,37H,18,20-21,23H2,(H,53,54)(H,57,58)(H,59,60)(H2,49,55,56);/q-3;/p-5/b41-33+,43-36-,44-39-;. The van der Waals surface area contributed by atoms with Gasteiger partial charge in [0.2, 0.25) is 0 Å². The molecule has 12 nitrogen and oxygen atoms in total. The number of nitrogens with zero attached hydrogens (tertiary/aromatic N) is 4. The molecule has 1 aromatic heterocycles. The van der Waals surface area contributed by atoms with Crippen molar-refractivity contribution >= 4 is 51.9 Å². The number of rotatable bonds is 6. The first-order valence-corrected chi connectivity index (χ1v) is 19.2. The summed E-state index contributed by atoms with van der Waals surface area (Å²) in [6.07, 6.45) is 5.92. The molecule has 309 valence electrons. The summed E-state index contributed by atoms with van der Waals surface area (Å²) in [6.45, 7) is 0. The summed E-state index contributed by atoms with van der Waals surface area (Å²) >= 11 is 0. The van der Waals surface area contributed by atoms with Crippen LogP contribution in [0.5, 0.6) is 0 Å². The molecule has 2 saturated heterocycles. The second-order valence-electron chi connectivity index (χ2n) is 14.7. The third-order valence-electron chi connectivity index (χ3n) is 11.2. The SMILES string of the molecule is O=C([O-])c1ccc(/C2=C3\CCC([N-]3)C(=c3ccc(=C([O-])[O-])cc3)C3=N/C(=C(\c4ccc(C(=O)[O-])cc4)C4CC/C(=C(\c5ccc(C(=O)[O-])cc5)c5ccc2[n-]5)[N-]4)C=C3)cc1.[Cu]. The molecule has 9 rings (SSSR count). The molecule has 0 spiro atoms. The molecule has 61 heavy (non-hydrogen) atoms. The van der Waals surface area contributed by atoms with Gasteiger partial charge in [-0.1, -0.05) is 145 Å². The van der Waals surface area contributed by atoms with Gasteiger partial charge in [0.05, 0.1) is 29.3 Å². The molecule has 5 heterocycles.